The number of Topliss-reactive ketones (excluding diaryl/α,β-unsaturated/α-hetero) is 1. The molecule has 6 nitrogen and oxygen atoms in total. The van der Waals surface area contributed by atoms with Crippen LogP contribution in [-0.2, 0) is 14.3 Å². The fourth-order valence-electron chi connectivity index (χ4n) is 3.47. The number of rotatable bonds is 6. The number of aliphatic carboxylic acids is 1. The highest BCUT2D eigenvalue weighted by molar-refractivity contribution is 5.90. The third kappa shape index (κ3) is 4.47. The molecule has 1 atom stereocenters. The summed E-state index contributed by atoms with van der Waals surface area (Å²) in [4.78, 5) is 35.9. The van der Waals surface area contributed by atoms with Crippen molar-refractivity contribution in [2.24, 2.45) is 5.41 Å². The second kappa shape index (κ2) is 8.07. The number of carbonyl (C=O) groups excluding carboxylic acids is 2. The van der Waals surface area contributed by atoms with Gasteiger partial charge in [0.1, 0.15) is 18.4 Å². The lowest BCUT2D eigenvalue weighted by Gasteiger charge is -2.21. The van der Waals surface area contributed by atoms with Gasteiger partial charge in [0.2, 0.25) is 0 Å². The van der Waals surface area contributed by atoms with Gasteiger partial charge >= 0.3 is 12.1 Å². The number of hydrogen-bond acceptors (Lipinski definition) is 4. The highest BCUT2D eigenvalue weighted by atomic mass is 16.5. The van der Waals surface area contributed by atoms with Gasteiger partial charge < -0.3 is 15.2 Å². The SMILES string of the molecule is CC(C)(C)C(=O)C[C@H](NC(=O)OCC1c2ccccc2-c2ccccc21)C(=O)O. The molecule has 0 saturated heterocycles. The molecule has 1 amide bonds. The first kappa shape index (κ1) is 20.6. The molecule has 1 aliphatic rings. The lowest BCUT2D eigenvalue weighted by Crippen LogP contribution is -2.44. The maximum Gasteiger partial charge on any atom is 0.407 e. The summed E-state index contributed by atoms with van der Waals surface area (Å²) in [7, 11) is 0. The van der Waals surface area contributed by atoms with Crippen LogP contribution in [0.2, 0.25) is 0 Å². The van der Waals surface area contributed by atoms with Crippen molar-refractivity contribution in [1.82, 2.24) is 5.32 Å². The Kier molecular flexibility index (Phi) is 5.73. The van der Waals surface area contributed by atoms with Crippen molar-refractivity contribution in [3.63, 3.8) is 0 Å². The Morgan fingerprint density at radius 1 is 1.00 bits per heavy atom. The topological polar surface area (TPSA) is 92.7 Å². The van der Waals surface area contributed by atoms with E-state index in [1.54, 1.807) is 20.8 Å². The van der Waals surface area contributed by atoms with Gasteiger partial charge in [-0.3, -0.25) is 4.79 Å². The van der Waals surface area contributed by atoms with Crippen LogP contribution in [-0.4, -0.2) is 35.6 Å². The summed E-state index contributed by atoms with van der Waals surface area (Å²) in [6.07, 6.45) is -1.13. The smallest absolute Gasteiger partial charge is 0.407 e. The molecule has 29 heavy (non-hydrogen) atoms. The molecule has 0 heterocycles. The molecule has 0 aromatic heterocycles. The Morgan fingerprint density at radius 2 is 1.52 bits per heavy atom. The molecule has 0 aliphatic heterocycles. The Bertz CT molecular complexity index is 899. The summed E-state index contributed by atoms with van der Waals surface area (Å²) >= 11 is 0. The predicted octanol–water partition coefficient (Wildman–Crippen LogP) is 3.98. The number of carboxylic acid groups (broad SMARTS) is 1. The fraction of sp³-hybridized carbons (Fsp3) is 0.348. The van der Waals surface area contributed by atoms with Gasteiger partial charge in [-0.15, -0.1) is 0 Å². The zero-order valence-electron chi connectivity index (χ0n) is 16.8. The first-order valence-corrected chi connectivity index (χ1v) is 9.56. The zero-order valence-corrected chi connectivity index (χ0v) is 16.8. The quantitative estimate of drug-likeness (QED) is 0.772. The highest BCUT2D eigenvalue weighted by Gasteiger charge is 2.31. The minimum atomic E-state index is -1.32. The number of fused-ring (bicyclic) bond motifs is 3. The molecule has 3 rings (SSSR count). The number of amides is 1. The van der Waals surface area contributed by atoms with Crippen molar-refractivity contribution < 1.29 is 24.2 Å². The van der Waals surface area contributed by atoms with Gasteiger partial charge in [0.15, 0.2) is 0 Å². The van der Waals surface area contributed by atoms with Crippen LogP contribution in [0.25, 0.3) is 11.1 Å². The minimum absolute atomic E-state index is 0.0828. The van der Waals surface area contributed by atoms with E-state index in [4.69, 9.17) is 4.74 Å². The molecule has 2 aromatic rings. The van der Waals surface area contributed by atoms with Crippen LogP contribution in [0.1, 0.15) is 44.2 Å². The molecule has 0 radical (unpaired) electrons. The summed E-state index contributed by atoms with van der Waals surface area (Å²) in [5, 5.41) is 11.7. The Labute approximate surface area is 169 Å². The molecule has 2 aromatic carbocycles. The van der Waals surface area contributed by atoms with Gasteiger partial charge in [-0.25, -0.2) is 9.59 Å². The number of ketones is 1. The van der Waals surface area contributed by atoms with Crippen LogP contribution in [0.4, 0.5) is 4.79 Å². The van der Waals surface area contributed by atoms with Crippen LogP contribution < -0.4 is 5.32 Å². The van der Waals surface area contributed by atoms with E-state index in [1.165, 1.54) is 0 Å². The monoisotopic (exact) mass is 395 g/mol. The molecule has 0 spiro atoms. The van der Waals surface area contributed by atoms with Crippen molar-refractivity contribution >= 4 is 17.8 Å². The third-order valence-electron chi connectivity index (χ3n) is 5.16. The second-order valence-electron chi connectivity index (χ2n) is 8.24. The maximum atomic E-state index is 12.3. The average molecular weight is 395 g/mol. The number of hydrogen-bond donors (Lipinski definition) is 2. The van der Waals surface area contributed by atoms with E-state index < -0.39 is 23.5 Å². The van der Waals surface area contributed by atoms with Crippen LogP contribution in [0, 0.1) is 5.41 Å². The highest BCUT2D eigenvalue weighted by Crippen LogP contribution is 2.44. The van der Waals surface area contributed by atoms with E-state index in [0.717, 1.165) is 22.3 Å². The molecule has 2 N–H and O–H groups in total. The van der Waals surface area contributed by atoms with Crippen molar-refractivity contribution in [3.05, 3.63) is 59.7 Å². The number of alkyl carbamates (subject to hydrolysis) is 1. The van der Waals surface area contributed by atoms with Gasteiger partial charge in [-0.05, 0) is 22.3 Å². The minimum Gasteiger partial charge on any atom is -0.480 e. The summed E-state index contributed by atoms with van der Waals surface area (Å²) in [6.45, 7) is 5.21. The van der Waals surface area contributed by atoms with Crippen LogP contribution in [0.15, 0.2) is 48.5 Å². The third-order valence-corrected chi connectivity index (χ3v) is 5.16. The standard InChI is InChI=1S/C23H25NO5/c1-23(2,3)20(25)12-19(21(26)27)24-22(28)29-13-18-16-10-6-4-8-14(16)15-9-5-7-11-17(15)18/h4-11,18-19H,12-13H2,1-3H3,(H,24,28)(H,26,27)/t19-/m0/s1. The molecule has 152 valence electrons. The normalized spacial score (nSPS) is 13.9. The number of carbonyl (C=O) groups is 3. The molecular weight excluding hydrogens is 370 g/mol. The lowest BCUT2D eigenvalue weighted by atomic mass is 9.87. The number of nitrogens with one attached hydrogen (secondary N) is 1. The average Bonchev–Trinajstić information content (AvgIpc) is 2.99. The predicted molar refractivity (Wildman–Crippen MR) is 109 cm³/mol. The number of benzene rings is 2. The Morgan fingerprint density at radius 3 is 2.00 bits per heavy atom. The summed E-state index contributed by atoms with van der Waals surface area (Å²) in [5.41, 5.74) is 3.67. The first-order chi connectivity index (χ1) is 13.7. The van der Waals surface area contributed by atoms with E-state index in [-0.39, 0.29) is 24.7 Å². The zero-order chi connectivity index (χ0) is 21.2. The van der Waals surface area contributed by atoms with Gasteiger partial charge in [0, 0.05) is 17.8 Å². The summed E-state index contributed by atoms with van der Waals surface area (Å²) in [6, 6.07) is 14.6. The van der Waals surface area contributed by atoms with E-state index in [0.29, 0.717) is 0 Å². The Hall–Kier alpha value is -3.15. The van der Waals surface area contributed by atoms with Crippen LogP contribution >= 0.6 is 0 Å². The first-order valence-electron chi connectivity index (χ1n) is 9.56. The molecule has 0 bridgehead atoms. The van der Waals surface area contributed by atoms with Crippen molar-refractivity contribution in [1.29, 1.82) is 0 Å². The van der Waals surface area contributed by atoms with Gasteiger partial charge in [0.05, 0.1) is 0 Å². The van der Waals surface area contributed by atoms with Crippen LogP contribution in [0.5, 0.6) is 0 Å². The molecule has 1 aliphatic carbocycles. The van der Waals surface area contributed by atoms with E-state index >= 15 is 0 Å². The van der Waals surface area contributed by atoms with Crippen molar-refractivity contribution in [2.75, 3.05) is 6.61 Å². The molecule has 6 heteroatoms. The van der Waals surface area contributed by atoms with E-state index in [2.05, 4.69) is 5.32 Å². The van der Waals surface area contributed by atoms with E-state index in [9.17, 15) is 19.5 Å². The second-order valence-corrected chi connectivity index (χ2v) is 8.24. The summed E-state index contributed by atoms with van der Waals surface area (Å²) < 4.78 is 5.36. The van der Waals surface area contributed by atoms with Gasteiger partial charge in [0.25, 0.3) is 0 Å². The number of carboxylic acids is 1. The summed E-state index contributed by atoms with van der Waals surface area (Å²) in [5.74, 6) is -1.63. The fourth-order valence-corrected chi connectivity index (χ4v) is 3.47. The largest absolute Gasteiger partial charge is 0.480 e. The molecule has 0 saturated carbocycles. The van der Waals surface area contributed by atoms with Crippen molar-refractivity contribution in [2.45, 2.75) is 39.2 Å². The maximum absolute atomic E-state index is 12.3. The van der Waals surface area contributed by atoms with Gasteiger partial charge in [-0.2, -0.15) is 0 Å². The van der Waals surface area contributed by atoms with Crippen LogP contribution in [0.3, 0.4) is 0 Å². The molecular formula is C23H25NO5. The lowest BCUT2D eigenvalue weighted by molar-refractivity contribution is -0.142. The molecule has 0 unspecified atom stereocenters. The van der Waals surface area contributed by atoms with Crippen molar-refractivity contribution in [3.8, 4) is 11.1 Å². The van der Waals surface area contributed by atoms with E-state index in [1.807, 2.05) is 48.5 Å². The molecule has 0 fully saturated rings. The number of ether oxygens (including phenoxy) is 1. The Balaban J connectivity index is 1.67. The van der Waals surface area contributed by atoms with Gasteiger partial charge in [-0.1, -0.05) is 69.3 Å².